The minimum absolute atomic E-state index is 0.420. The third-order valence-corrected chi connectivity index (χ3v) is 4.95. The Morgan fingerprint density at radius 3 is 2.79 bits per heavy atom. The molecule has 1 aliphatic heterocycles. The molecular formula is C18H26N4O2. The molecule has 0 radical (unpaired) electrons. The fourth-order valence-electron chi connectivity index (χ4n) is 3.73. The maximum atomic E-state index is 10.5. The van der Waals surface area contributed by atoms with Crippen molar-refractivity contribution in [3.8, 4) is 0 Å². The van der Waals surface area contributed by atoms with Crippen molar-refractivity contribution in [1.82, 2.24) is 15.1 Å². The van der Waals surface area contributed by atoms with Crippen molar-refractivity contribution in [3.05, 3.63) is 23.9 Å². The molecule has 1 aliphatic carbocycles. The maximum absolute atomic E-state index is 10.5. The van der Waals surface area contributed by atoms with Crippen molar-refractivity contribution in [2.75, 3.05) is 25.0 Å². The minimum Gasteiger partial charge on any atom is -0.478 e. The van der Waals surface area contributed by atoms with Crippen LogP contribution in [0.25, 0.3) is 6.08 Å². The van der Waals surface area contributed by atoms with E-state index in [1.165, 1.54) is 44.7 Å². The molecule has 1 saturated heterocycles. The smallest absolute Gasteiger partial charge is 0.328 e. The van der Waals surface area contributed by atoms with Crippen molar-refractivity contribution >= 4 is 17.9 Å². The first-order valence-corrected chi connectivity index (χ1v) is 8.92. The van der Waals surface area contributed by atoms with Gasteiger partial charge in [-0.2, -0.15) is 0 Å². The third kappa shape index (κ3) is 5.03. The summed E-state index contributed by atoms with van der Waals surface area (Å²) in [5, 5.41) is 20.2. The first-order valence-electron chi connectivity index (χ1n) is 8.92. The average Bonchev–Trinajstić information content (AvgIpc) is 3.02. The molecule has 0 spiro atoms. The van der Waals surface area contributed by atoms with Gasteiger partial charge in [-0.1, -0.05) is 19.3 Å². The Labute approximate surface area is 143 Å². The van der Waals surface area contributed by atoms with E-state index in [0.29, 0.717) is 11.7 Å². The van der Waals surface area contributed by atoms with E-state index < -0.39 is 5.97 Å². The summed E-state index contributed by atoms with van der Waals surface area (Å²) in [7, 11) is 0. The largest absolute Gasteiger partial charge is 0.478 e. The fraction of sp³-hybridized carbons (Fsp3) is 0.611. The SMILES string of the molecule is O=C(O)C=Cc1ccc(N[C@@H]2CCN(CC3CCCCC3)C2)nn1. The van der Waals surface area contributed by atoms with Gasteiger partial charge in [-0.05, 0) is 43.4 Å². The lowest BCUT2D eigenvalue weighted by Crippen LogP contribution is -2.31. The van der Waals surface area contributed by atoms with Crippen LogP contribution in [0.15, 0.2) is 18.2 Å². The highest BCUT2D eigenvalue weighted by Gasteiger charge is 2.25. The highest BCUT2D eigenvalue weighted by atomic mass is 16.4. The lowest BCUT2D eigenvalue weighted by molar-refractivity contribution is -0.131. The van der Waals surface area contributed by atoms with Gasteiger partial charge in [0.1, 0.15) is 5.82 Å². The lowest BCUT2D eigenvalue weighted by Gasteiger charge is -2.26. The molecule has 24 heavy (non-hydrogen) atoms. The summed E-state index contributed by atoms with van der Waals surface area (Å²) in [4.78, 5) is 13.1. The predicted molar refractivity (Wildman–Crippen MR) is 93.7 cm³/mol. The monoisotopic (exact) mass is 330 g/mol. The quantitative estimate of drug-likeness (QED) is 0.781. The topological polar surface area (TPSA) is 78.4 Å². The zero-order valence-electron chi connectivity index (χ0n) is 14.0. The van der Waals surface area contributed by atoms with Gasteiger partial charge in [0, 0.05) is 31.8 Å². The van der Waals surface area contributed by atoms with Crippen LogP contribution in [-0.2, 0) is 4.79 Å². The van der Waals surface area contributed by atoms with Gasteiger partial charge in [-0.3, -0.25) is 0 Å². The van der Waals surface area contributed by atoms with Gasteiger partial charge in [0.25, 0.3) is 0 Å². The summed E-state index contributed by atoms with van der Waals surface area (Å²) in [6.07, 6.45) is 10.7. The van der Waals surface area contributed by atoms with Gasteiger partial charge in [-0.15, -0.1) is 10.2 Å². The van der Waals surface area contributed by atoms with Gasteiger partial charge in [-0.25, -0.2) is 4.79 Å². The van der Waals surface area contributed by atoms with E-state index in [-0.39, 0.29) is 0 Å². The van der Waals surface area contributed by atoms with E-state index in [1.54, 1.807) is 6.07 Å². The molecule has 0 unspecified atom stereocenters. The van der Waals surface area contributed by atoms with E-state index in [4.69, 9.17) is 5.11 Å². The zero-order chi connectivity index (χ0) is 16.8. The van der Waals surface area contributed by atoms with Crippen LogP contribution in [0.3, 0.4) is 0 Å². The number of carboxylic acids is 1. The number of carbonyl (C=O) groups is 1. The van der Waals surface area contributed by atoms with Crippen molar-refractivity contribution < 1.29 is 9.90 Å². The molecule has 1 saturated carbocycles. The second-order valence-electron chi connectivity index (χ2n) is 6.91. The summed E-state index contributed by atoms with van der Waals surface area (Å²) < 4.78 is 0. The Kier molecular flexibility index (Phi) is 5.80. The van der Waals surface area contributed by atoms with E-state index in [9.17, 15) is 4.79 Å². The second kappa shape index (κ2) is 8.24. The van der Waals surface area contributed by atoms with Crippen LogP contribution in [0.4, 0.5) is 5.82 Å². The van der Waals surface area contributed by atoms with Crippen LogP contribution in [0.1, 0.15) is 44.2 Å². The normalized spacial score (nSPS) is 22.9. The van der Waals surface area contributed by atoms with Crippen LogP contribution in [0.2, 0.25) is 0 Å². The highest BCUT2D eigenvalue weighted by Crippen LogP contribution is 2.26. The Morgan fingerprint density at radius 1 is 1.25 bits per heavy atom. The van der Waals surface area contributed by atoms with Crippen LogP contribution < -0.4 is 5.32 Å². The maximum Gasteiger partial charge on any atom is 0.328 e. The molecule has 1 aromatic heterocycles. The number of carboxylic acid groups (broad SMARTS) is 1. The predicted octanol–water partition coefficient (Wildman–Crippen LogP) is 2.64. The Balaban J connectivity index is 1.45. The van der Waals surface area contributed by atoms with Crippen LogP contribution in [0, 0.1) is 5.92 Å². The molecule has 6 nitrogen and oxygen atoms in total. The molecule has 2 heterocycles. The third-order valence-electron chi connectivity index (χ3n) is 4.95. The summed E-state index contributed by atoms with van der Waals surface area (Å²) in [5.41, 5.74) is 0.549. The first-order chi connectivity index (χ1) is 11.7. The second-order valence-corrected chi connectivity index (χ2v) is 6.91. The summed E-state index contributed by atoms with van der Waals surface area (Å²) in [5.74, 6) is 0.660. The average molecular weight is 330 g/mol. The molecular weight excluding hydrogens is 304 g/mol. The number of aromatic nitrogens is 2. The summed E-state index contributed by atoms with van der Waals surface area (Å²) >= 11 is 0. The molecule has 6 heteroatoms. The van der Waals surface area contributed by atoms with E-state index >= 15 is 0 Å². The van der Waals surface area contributed by atoms with Gasteiger partial charge in [0.05, 0.1) is 5.69 Å². The Morgan fingerprint density at radius 2 is 2.08 bits per heavy atom. The first kappa shape index (κ1) is 16.9. The highest BCUT2D eigenvalue weighted by molar-refractivity contribution is 5.84. The van der Waals surface area contributed by atoms with E-state index in [2.05, 4.69) is 20.4 Å². The molecule has 3 rings (SSSR count). The van der Waals surface area contributed by atoms with Crippen LogP contribution in [-0.4, -0.2) is 51.8 Å². The van der Waals surface area contributed by atoms with Crippen molar-refractivity contribution in [2.24, 2.45) is 5.92 Å². The number of aliphatic carboxylic acids is 1. The molecule has 0 amide bonds. The molecule has 1 atom stereocenters. The lowest BCUT2D eigenvalue weighted by atomic mass is 9.89. The Bertz CT molecular complexity index is 567. The van der Waals surface area contributed by atoms with Gasteiger partial charge in [0.2, 0.25) is 0 Å². The number of nitrogens with zero attached hydrogens (tertiary/aromatic N) is 3. The van der Waals surface area contributed by atoms with Crippen molar-refractivity contribution in [3.63, 3.8) is 0 Å². The molecule has 1 aromatic rings. The molecule has 0 aromatic carbocycles. The van der Waals surface area contributed by atoms with E-state index in [0.717, 1.165) is 37.3 Å². The number of rotatable bonds is 6. The number of hydrogen-bond donors (Lipinski definition) is 2. The van der Waals surface area contributed by atoms with Crippen LogP contribution in [0.5, 0.6) is 0 Å². The summed E-state index contributed by atoms with van der Waals surface area (Å²) in [6, 6.07) is 4.06. The Hall–Kier alpha value is -1.95. The minimum atomic E-state index is -0.983. The number of hydrogen-bond acceptors (Lipinski definition) is 5. The molecule has 2 aliphatic rings. The van der Waals surface area contributed by atoms with Crippen LogP contribution >= 0.6 is 0 Å². The molecule has 2 N–H and O–H groups in total. The fourth-order valence-corrected chi connectivity index (χ4v) is 3.73. The molecule has 0 bridgehead atoms. The zero-order valence-corrected chi connectivity index (χ0v) is 14.0. The molecule has 130 valence electrons. The van der Waals surface area contributed by atoms with Gasteiger partial charge >= 0.3 is 5.97 Å². The van der Waals surface area contributed by atoms with Gasteiger partial charge in [0.15, 0.2) is 0 Å². The standard InChI is InChI=1S/C18H26N4O2/c23-18(24)9-7-15-6-8-17(21-20-15)19-16-10-11-22(13-16)12-14-4-2-1-3-5-14/h6-9,14,16H,1-5,10-13H2,(H,19,21)(H,23,24)/t16-/m1/s1. The molecule has 2 fully saturated rings. The number of anilines is 1. The van der Waals surface area contributed by atoms with Crippen molar-refractivity contribution in [1.29, 1.82) is 0 Å². The number of nitrogens with one attached hydrogen (secondary N) is 1. The van der Waals surface area contributed by atoms with E-state index in [1.807, 2.05) is 6.07 Å². The number of likely N-dealkylation sites (tertiary alicyclic amines) is 1. The van der Waals surface area contributed by atoms with Gasteiger partial charge < -0.3 is 15.3 Å². The summed E-state index contributed by atoms with van der Waals surface area (Å²) in [6.45, 7) is 3.46. The van der Waals surface area contributed by atoms with Crippen molar-refractivity contribution in [2.45, 2.75) is 44.6 Å².